The van der Waals surface area contributed by atoms with E-state index in [9.17, 15) is 20.0 Å². The second kappa shape index (κ2) is 5.32. The Balaban J connectivity index is 3.45. The van der Waals surface area contributed by atoms with Crippen molar-refractivity contribution >= 4 is 11.6 Å². The van der Waals surface area contributed by atoms with Crippen molar-refractivity contribution in [2.45, 2.75) is 6.10 Å². The first-order valence-corrected chi connectivity index (χ1v) is 4.80. The van der Waals surface area contributed by atoms with Crippen LogP contribution < -0.4 is 15.2 Å². The number of ether oxygens (including phenoxy) is 2. The Hall–Kier alpha value is -2.35. The van der Waals surface area contributed by atoms with E-state index < -0.39 is 22.6 Å². The Labute approximate surface area is 102 Å². The van der Waals surface area contributed by atoms with Crippen LogP contribution in [0.25, 0.3) is 0 Å². The summed E-state index contributed by atoms with van der Waals surface area (Å²) in [5.41, 5.74) is 4.47. The average molecular weight is 256 g/mol. The molecule has 18 heavy (non-hydrogen) atoms. The molecule has 8 nitrogen and oxygen atoms in total. The van der Waals surface area contributed by atoms with E-state index in [4.69, 9.17) is 15.2 Å². The van der Waals surface area contributed by atoms with Crippen LogP contribution in [0, 0.1) is 10.1 Å². The highest BCUT2D eigenvalue weighted by atomic mass is 16.6. The van der Waals surface area contributed by atoms with Crippen molar-refractivity contribution in [3.05, 3.63) is 27.8 Å². The molecular weight excluding hydrogens is 244 g/mol. The van der Waals surface area contributed by atoms with Gasteiger partial charge in [0, 0.05) is 11.6 Å². The minimum atomic E-state index is -1.65. The van der Waals surface area contributed by atoms with Crippen LogP contribution in [-0.2, 0) is 4.79 Å². The maximum Gasteiger partial charge on any atom is 0.315 e. The summed E-state index contributed by atoms with van der Waals surface area (Å²) >= 11 is 0. The quantitative estimate of drug-likeness (QED) is 0.569. The summed E-state index contributed by atoms with van der Waals surface area (Å²) in [6.45, 7) is 0. The number of benzene rings is 1. The normalized spacial score (nSPS) is 11.7. The number of aliphatic hydroxyl groups excluding tert-OH is 1. The molecule has 0 saturated heterocycles. The van der Waals surface area contributed by atoms with Crippen LogP contribution in [0.15, 0.2) is 12.1 Å². The minimum absolute atomic E-state index is 0.0296. The summed E-state index contributed by atoms with van der Waals surface area (Å²) in [7, 11) is 2.52. The fraction of sp³-hybridized carbons (Fsp3) is 0.300. The topological polar surface area (TPSA) is 125 Å². The molecule has 0 saturated carbocycles. The van der Waals surface area contributed by atoms with E-state index in [2.05, 4.69) is 0 Å². The van der Waals surface area contributed by atoms with Gasteiger partial charge in [-0.15, -0.1) is 0 Å². The van der Waals surface area contributed by atoms with Crippen molar-refractivity contribution in [3.8, 4) is 11.5 Å². The standard InChI is InChI=1S/C10H12N2O6/c1-17-7-4-5(8(13)10(11)14)3-6(12(15)16)9(7)18-2/h3-4,8,13H,1-2H3,(H2,11,14). The predicted molar refractivity (Wildman–Crippen MR) is 60.4 cm³/mol. The van der Waals surface area contributed by atoms with Gasteiger partial charge in [0.05, 0.1) is 19.1 Å². The number of amides is 1. The molecule has 3 N–H and O–H groups in total. The molecule has 1 aromatic carbocycles. The number of primary amides is 1. The highest BCUT2D eigenvalue weighted by molar-refractivity contribution is 5.81. The number of nitro groups is 1. The summed E-state index contributed by atoms with van der Waals surface area (Å²) in [6, 6.07) is 2.26. The number of methoxy groups -OCH3 is 2. The van der Waals surface area contributed by atoms with E-state index in [1.807, 2.05) is 0 Å². The summed E-state index contributed by atoms with van der Waals surface area (Å²) < 4.78 is 9.76. The molecule has 1 atom stereocenters. The Morgan fingerprint density at radius 1 is 1.44 bits per heavy atom. The maximum absolute atomic E-state index is 10.9. The van der Waals surface area contributed by atoms with Crippen LogP contribution in [0.4, 0.5) is 5.69 Å². The number of rotatable bonds is 5. The zero-order chi connectivity index (χ0) is 13.9. The number of carbonyl (C=O) groups is 1. The van der Waals surface area contributed by atoms with Gasteiger partial charge in [0.1, 0.15) is 0 Å². The molecular formula is C10H12N2O6. The number of nitrogens with two attached hydrogens (primary N) is 1. The van der Waals surface area contributed by atoms with Crippen molar-refractivity contribution in [2.24, 2.45) is 5.73 Å². The van der Waals surface area contributed by atoms with Gasteiger partial charge in [-0.1, -0.05) is 0 Å². The van der Waals surface area contributed by atoms with Crippen LogP contribution in [0.1, 0.15) is 11.7 Å². The number of nitro benzene ring substituents is 1. The maximum atomic E-state index is 10.9. The Kier molecular flexibility index (Phi) is 4.05. The van der Waals surface area contributed by atoms with Gasteiger partial charge in [0.15, 0.2) is 11.9 Å². The Bertz CT molecular complexity index is 488. The fourth-order valence-corrected chi connectivity index (χ4v) is 1.42. The number of hydrogen-bond donors (Lipinski definition) is 2. The van der Waals surface area contributed by atoms with Gasteiger partial charge in [0.2, 0.25) is 5.75 Å². The van der Waals surface area contributed by atoms with Crippen molar-refractivity contribution in [3.63, 3.8) is 0 Å². The number of nitrogens with zero attached hydrogens (tertiary/aromatic N) is 1. The molecule has 0 aliphatic carbocycles. The largest absolute Gasteiger partial charge is 0.493 e. The zero-order valence-electron chi connectivity index (χ0n) is 9.75. The molecule has 0 radical (unpaired) electrons. The minimum Gasteiger partial charge on any atom is -0.493 e. The molecule has 0 bridgehead atoms. The number of carbonyl (C=O) groups excluding carboxylic acids is 1. The smallest absolute Gasteiger partial charge is 0.315 e. The number of aliphatic hydroxyl groups is 1. The van der Waals surface area contributed by atoms with E-state index in [0.717, 1.165) is 6.07 Å². The lowest BCUT2D eigenvalue weighted by Gasteiger charge is -2.12. The Morgan fingerprint density at radius 2 is 2.06 bits per heavy atom. The van der Waals surface area contributed by atoms with Crippen LogP contribution in [0.2, 0.25) is 0 Å². The third-order valence-corrected chi connectivity index (χ3v) is 2.26. The van der Waals surface area contributed by atoms with Gasteiger partial charge >= 0.3 is 5.69 Å². The molecule has 0 spiro atoms. The lowest BCUT2D eigenvalue weighted by molar-refractivity contribution is -0.385. The second-order valence-corrected chi connectivity index (χ2v) is 3.34. The van der Waals surface area contributed by atoms with Crippen molar-refractivity contribution < 1.29 is 24.3 Å². The van der Waals surface area contributed by atoms with Crippen LogP contribution in [-0.4, -0.2) is 30.2 Å². The van der Waals surface area contributed by atoms with Gasteiger partial charge in [0.25, 0.3) is 5.91 Å². The van der Waals surface area contributed by atoms with Crippen LogP contribution in [0.5, 0.6) is 11.5 Å². The first-order chi connectivity index (χ1) is 8.42. The molecule has 98 valence electrons. The lowest BCUT2D eigenvalue weighted by atomic mass is 10.1. The fourth-order valence-electron chi connectivity index (χ4n) is 1.42. The van der Waals surface area contributed by atoms with Gasteiger partial charge in [-0.3, -0.25) is 14.9 Å². The summed E-state index contributed by atoms with van der Waals surface area (Å²) in [4.78, 5) is 21.0. The van der Waals surface area contributed by atoms with E-state index in [0.29, 0.717) is 0 Å². The monoisotopic (exact) mass is 256 g/mol. The molecule has 8 heteroatoms. The summed E-state index contributed by atoms with van der Waals surface area (Å²) in [5.74, 6) is -1.08. The molecule has 0 aliphatic heterocycles. The summed E-state index contributed by atoms with van der Waals surface area (Å²) in [5, 5.41) is 20.4. The average Bonchev–Trinajstić information content (AvgIpc) is 2.35. The highest BCUT2D eigenvalue weighted by Crippen LogP contribution is 2.39. The van der Waals surface area contributed by atoms with Gasteiger partial charge in [-0.05, 0) is 6.07 Å². The predicted octanol–water partition coefficient (Wildman–Crippen LogP) is 0.131. The molecule has 0 fully saturated rings. The van der Waals surface area contributed by atoms with E-state index in [1.165, 1.54) is 20.3 Å². The highest BCUT2D eigenvalue weighted by Gasteiger charge is 2.25. The van der Waals surface area contributed by atoms with Crippen molar-refractivity contribution in [1.29, 1.82) is 0 Å². The molecule has 0 aliphatic rings. The SMILES string of the molecule is COc1cc(C(O)C(N)=O)cc([N+](=O)[O-])c1OC. The second-order valence-electron chi connectivity index (χ2n) is 3.34. The van der Waals surface area contributed by atoms with Gasteiger partial charge in [-0.25, -0.2) is 0 Å². The molecule has 1 amide bonds. The van der Waals surface area contributed by atoms with E-state index in [-0.39, 0.29) is 17.1 Å². The third kappa shape index (κ3) is 2.48. The first-order valence-electron chi connectivity index (χ1n) is 4.80. The molecule has 0 aromatic heterocycles. The molecule has 0 heterocycles. The van der Waals surface area contributed by atoms with E-state index in [1.54, 1.807) is 0 Å². The van der Waals surface area contributed by atoms with Crippen molar-refractivity contribution in [1.82, 2.24) is 0 Å². The van der Waals surface area contributed by atoms with Gasteiger partial charge in [-0.2, -0.15) is 0 Å². The van der Waals surface area contributed by atoms with Crippen LogP contribution in [0.3, 0.4) is 0 Å². The Morgan fingerprint density at radius 3 is 2.44 bits per heavy atom. The van der Waals surface area contributed by atoms with E-state index >= 15 is 0 Å². The van der Waals surface area contributed by atoms with Crippen LogP contribution >= 0.6 is 0 Å². The van der Waals surface area contributed by atoms with Crippen molar-refractivity contribution in [2.75, 3.05) is 14.2 Å². The molecule has 1 rings (SSSR count). The van der Waals surface area contributed by atoms with Gasteiger partial charge < -0.3 is 20.3 Å². The first kappa shape index (κ1) is 13.7. The third-order valence-electron chi connectivity index (χ3n) is 2.26. The zero-order valence-corrected chi connectivity index (χ0v) is 9.75. The molecule has 1 unspecified atom stereocenters. The summed E-state index contributed by atoms with van der Waals surface area (Å²) in [6.07, 6.45) is -1.65. The molecule has 1 aromatic rings. The number of hydrogen-bond acceptors (Lipinski definition) is 6. The lowest BCUT2D eigenvalue weighted by Crippen LogP contribution is -2.21.